The Hall–Kier alpha value is -2.89. The molecule has 0 unspecified atom stereocenters. The van der Waals surface area contributed by atoms with Gasteiger partial charge in [-0.1, -0.05) is 13.0 Å². The third-order valence-corrected chi connectivity index (χ3v) is 5.06. The minimum absolute atomic E-state index is 0.0563. The molecule has 0 aromatic heterocycles. The lowest BCUT2D eigenvalue weighted by Crippen LogP contribution is -2.33. The van der Waals surface area contributed by atoms with E-state index in [2.05, 4.69) is 5.32 Å². The van der Waals surface area contributed by atoms with Crippen LogP contribution in [0.1, 0.15) is 42.1 Å². The Morgan fingerprint density at radius 3 is 2.52 bits per heavy atom. The summed E-state index contributed by atoms with van der Waals surface area (Å²) in [6.07, 6.45) is 2.62. The third-order valence-electron chi connectivity index (χ3n) is 5.06. The highest BCUT2D eigenvalue weighted by atomic mass is 19.1. The van der Waals surface area contributed by atoms with Crippen molar-refractivity contribution >= 4 is 23.2 Å². The lowest BCUT2D eigenvalue weighted by molar-refractivity contribution is -0.115. The monoisotopic (exact) mass is 397 g/mol. The van der Waals surface area contributed by atoms with E-state index in [4.69, 9.17) is 0 Å². The molecule has 0 atom stereocenters. The van der Waals surface area contributed by atoms with Gasteiger partial charge in [0.15, 0.2) is 0 Å². The van der Waals surface area contributed by atoms with Gasteiger partial charge in [0.05, 0.1) is 0 Å². The van der Waals surface area contributed by atoms with Crippen LogP contribution in [0.15, 0.2) is 42.5 Å². The maximum atomic E-state index is 13.7. The summed E-state index contributed by atoms with van der Waals surface area (Å²) in [6, 6.07) is 11.6. The third kappa shape index (κ3) is 5.56. The number of rotatable bonds is 8. The van der Waals surface area contributed by atoms with Crippen LogP contribution in [0.25, 0.3) is 0 Å². The van der Waals surface area contributed by atoms with Crippen molar-refractivity contribution in [3.05, 3.63) is 59.4 Å². The average Bonchev–Trinajstić information content (AvgIpc) is 3.51. The number of halogens is 1. The molecule has 0 spiro atoms. The van der Waals surface area contributed by atoms with Gasteiger partial charge in [-0.3, -0.25) is 9.59 Å². The number of nitrogens with one attached hydrogen (secondary N) is 1. The van der Waals surface area contributed by atoms with E-state index >= 15 is 0 Å². The van der Waals surface area contributed by atoms with Gasteiger partial charge >= 0.3 is 0 Å². The van der Waals surface area contributed by atoms with Crippen LogP contribution >= 0.6 is 0 Å². The highest BCUT2D eigenvalue weighted by molar-refractivity contribution is 5.94. The molecule has 0 radical (unpaired) electrons. The summed E-state index contributed by atoms with van der Waals surface area (Å²) in [5, 5.41) is 2.88. The second-order valence-electron chi connectivity index (χ2n) is 7.78. The Morgan fingerprint density at radius 1 is 1.14 bits per heavy atom. The molecule has 0 aliphatic heterocycles. The Labute approximate surface area is 171 Å². The van der Waals surface area contributed by atoms with Gasteiger partial charge in [0.2, 0.25) is 5.91 Å². The molecule has 1 saturated carbocycles. The number of carbonyl (C=O) groups excluding carboxylic acids is 2. The van der Waals surface area contributed by atoms with E-state index in [0.717, 1.165) is 24.1 Å². The van der Waals surface area contributed by atoms with Crippen LogP contribution in [-0.2, 0) is 11.3 Å². The van der Waals surface area contributed by atoms with E-state index in [1.165, 1.54) is 12.1 Å². The van der Waals surface area contributed by atoms with Crippen molar-refractivity contribution < 1.29 is 14.0 Å². The molecule has 1 N–H and O–H groups in total. The zero-order chi connectivity index (χ0) is 21.0. The van der Waals surface area contributed by atoms with E-state index in [1.54, 1.807) is 24.0 Å². The number of anilines is 2. The summed E-state index contributed by atoms with van der Waals surface area (Å²) >= 11 is 0. The lowest BCUT2D eigenvalue weighted by Gasteiger charge is -2.26. The first-order valence-electron chi connectivity index (χ1n) is 10.0. The van der Waals surface area contributed by atoms with E-state index in [-0.39, 0.29) is 11.8 Å². The van der Waals surface area contributed by atoms with Gasteiger partial charge in [-0.05, 0) is 60.7 Å². The van der Waals surface area contributed by atoms with Crippen LogP contribution in [0.5, 0.6) is 0 Å². The molecule has 3 rings (SSSR count). The molecular formula is C23H28FN3O2. The zero-order valence-corrected chi connectivity index (χ0v) is 17.2. The molecule has 6 heteroatoms. The van der Waals surface area contributed by atoms with Gasteiger partial charge in [0, 0.05) is 50.5 Å². The first-order valence-corrected chi connectivity index (χ1v) is 10.0. The molecule has 154 valence electrons. The largest absolute Gasteiger partial charge is 0.377 e. The maximum Gasteiger partial charge on any atom is 0.254 e. The van der Waals surface area contributed by atoms with E-state index in [0.29, 0.717) is 36.7 Å². The molecule has 1 aliphatic carbocycles. The zero-order valence-electron chi connectivity index (χ0n) is 17.2. The van der Waals surface area contributed by atoms with Crippen LogP contribution in [0.4, 0.5) is 15.8 Å². The second-order valence-corrected chi connectivity index (χ2v) is 7.78. The van der Waals surface area contributed by atoms with E-state index in [9.17, 15) is 14.0 Å². The fourth-order valence-electron chi connectivity index (χ4n) is 3.32. The smallest absolute Gasteiger partial charge is 0.254 e. The molecule has 2 amide bonds. The number of nitrogens with zero attached hydrogens (tertiary/aromatic N) is 2. The summed E-state index contributed by atoms with van der Waals surface area (Å²) in [6.45, 7) is 2.85. The molecule has 1 fully saturated rings. The minimum atomic E-state index is -0.416. The predicted octanol–water partition coefficient (Wildman–Crippen LogP) is 4.29. The molecule has 0 bridgehead atoms. The maximum absolute atomic E-state index is 13.7. The van der Waals surface area contributed by atoms with Gasteiger partial charge < -0.3 is 15.1 Å². The highest BCUT2D eigenvalue weighted by Gasteiger charge is 2.28. The van der Waals surface area contributed by atoms with Gasteiger partial charge in [0.1, 0.15) is 5.82 Å². The second kappa shape index (κ2) is 9.07. The molecule has 1 aliphatic rings. The van der Waals surface area contributed by atoms with Crippen LogP contribution < -0.4 is 10.2 Å². The van der Waals surface area contributed by atoms with Crippen molar-refractivity contribution in [3.8, 4) is 0 Å². The van der Waals surface area contributed by atoms with Crippen LogP contribution in [0.3, 0.4) is 0 Å². The van der Waals surface area contributed by atoms with Crippen molar-refractivity contribution in [2.45, 2.75) is 32.7 Å². The first kappa shape index (κ1) is 20.8. The Kier molecular flexibility index (Phi) is 6.52. The standard InChI is InChI=1S/C23H28FN3O2/c1-4-22(28)25-20-10-11-21(26(2)3)18(13-20)15-27(14-16-8-9-16)23(29)17-6-5-7-19(24)12-17/h5-7,10-13,16H,4,8-9,14-15H2,1-3H3,(H,25,28). The van der Waals surface area contributed by atoms with Gasteiger partial charge in [-0.15, -0.1) is 0 Å². The Bertz CT molecular complexity index is 893. The van der Waals surface area contributed by atoms with Gasteiger partial charge in [-0.25, -0.2) is 4.39 Å². The fourth-order valence-corrected chi connectivity index (χ4v) is 3.32. The van der Waals surface area contributed by atoms with Crippen molar-refractivity contribution in [2.24, 2.45) is 5.92 Å². The molecule has 0 heterocycles. The molecule has 0 saturated heterocycles. The van der Waals surface area contributed by atoms with Crippen molar-refractivity contribution in [1.29, 1.82) is 0 Å². The number of hydrogen-bond acceptors (Lipinski definition) is 3. The fraction of sp³-hybridized carbons (Fsp3) is 0.391. The highest BCUT2D eigenvalue weighted by Crippen LogP contribution is 2.32. The summed E-state index contributed by atoms with van der Waals surface area (Å²) in [4.78, 5) is 28.7. The first-order chi connectivity index (χ1) is 13.9. The number of amides is 2. The van der Waals surface area contributed by atoms with Crippen LogP contribution in [-0.4, -0.2) is 37.4 Å². The van der Waals surface area contributed by atoms with Gasteiger partial charge in [0.25, 0.3) is 5.91 Å². The van der Waals surface area contributed by atoms with Gasteiger partial charge in [-0.2, -0.15) is 0 Å². The van der Waals surface area contributed by atoms with Crippen LogP contribution in [0.2, 0.25) is 0 Å². The molecule has 2 aromatic rings. The summed E-state index contributed by atoms with van der Waals surface area (Å²) < 4.78 is 13.7. The summed E-state index contributed by atoms with van der Waals surface area (Å²) in [7, 11) is 3.89. The van der Waals surface area contributed by atoms with Crippen molar-refractivity contribution in [2.75, 3.05) is 30.9 Å². The Morgan fingerprint density at radius 2 is 1.90 bits per heavy atom. The topological polar surface area (TPSA) is 52.7 Å². The molecule has 5 nitrogen and oxygen atoms in total. The molecule has 2 aromatic carbocycles. The van der Waals surface area contributed by atoms with Crippen LogP contribution in [0, 0.1) is 11.7 Å². The van der Waals surface area contributed by atoms with E-state index in [1.807, 2.05) is 37.2 Å². The lowest BCUT2D eigenvalue weighted by atomic mass is 10.1. The van der Waals surface area contributed by atoms with Crippen molar-refractivity contribution in [1.82, 2.24) is 4.90 Å². The number of benzene rings is 2. The summed E-state index contributed by atoms with van der Waals surface area (Å²) in [5.41, 5.74) is 2.98. The average molecular weight is 397 g/mol. The quantitative estimate of drug-likeness (QED) is 0.723. The number of hydrogen-bond donors (Lipinski definition) is 1. The van der Waals surface area contributed by atoms with E-state index < -0.39 is 5.82 Å². The Balaban J connectivity index is 1.90. The molecule has 29 heavy (non-hydrogen) atoms. The molecular weight excluding hydrogens is 369 g/mol. The van der Waals surface area contributed by atoms with Crippen molar-refractivity contribution in [3.63, 3.8) is 0 Å². The number of carbonyl (C=O) groups is 2. The predicted molar refractivity (Wildman–Crippen MR) is 114 cm³/mol. The summed E-state index contributed by atoms with van der Waals surface area (Å²) in [5.74, 6) is -0.151. The normalized spacial score (nSPS) is 13.1. The SMILES string of the molecule is CCC(=O)Nc1ccc(N(C)C)c(CN(CC2CC2)C(=O)c2cccc(F)c2)c1. The minimum Gasteiger partial charge on any atom is -0.377 e.